The highest BCUT2D eigenvalue weighted by Gasteiger charge is 2.65. The summed E-state index contributed by atoms with van der Waals surface area (Å²) < 4.78 is 98.7. The van der Waals surface area contributed by atoms with Crippen molar-refractivity contribution < 1.29 is 49.8 Å². The molecular formula is C19H11F7O4. The zero-order valence-electron chi connectivity index (χ0n) is 14.7. The number of hydrogen-bond donors (Lipinski definition) is 0. The summed E-state index contributed by atoms with van der Waals surface area (Å²) in [6, 6.07) is 6.26. The van der Waals surface area contributed by atoms with E-state index in [-0.39, 0.29) is 11.1 Å². The molecule has 160 valence electrons. The Morgan fingerprint density at radius 1 is 0.767 bits per heavy atom. The normalized spacial score (nSPS) is 16.8. The van der Waals surface area contributed by atoms with Crippen LogP contribution in [0.3, 0.4) is 0 Å². The molecule has 0 aromatic heterocycles. The lowest BCUT2D eigenvalue weighted by molar-refractivity contribution is -0.391. The highest BCUT2D eigenvalue weighted by molar-refractivity contribution is 6.02. The summed E-state index contributed by atoms with van der Waals surface area (Å²) in [5.41, 5.74) is -1.50. The van der Waals surface area contributed by atoms with Crippen molar-refractivity contribution in [1.29, 1.82) is 0 Å². The molecule has 2 aromatic carbocycles. The van der Waals surface area contributed by atoms with Crippen LogP contribution in [0.2, 0.25) is 0 Å². The first kappa shape index (κ1) is 21.6. The quantitative estimate of drug-likeness (QED) is 0.458. The number of carbonyl (C=O) groups is 2. The molecule has 0 amide bonds. The summed E-state index contributed by atoms with van der Waals surface area (Å²) >= 11 is 0. The van der Waals surface area contributed by atoms with Gasteiger partial charge >= 0.3 is 18.4 Å². The Morgan fingerprint density at radius 2 is 1.30 bits per heavy atom. The SMILES string of the molecule is O=C(CCC(=O)c1ccc2c(c1)OC(F)(F)C(F)(F)O2)c1cccc(C(F)(F)F)c1. The van der Waals surface area contributed by atoms with E-state index in [1.807, 2.05) is 0 Å². The van der Waals surface area contributed by atoms with E-state index in [1.165, 1.54) is 0 Å². The molecule has 0 atom stereocenters. The van der Waals surface area contributed by atoms with Gasteiger partial charge in [-0.1, -0.05) is 12.1 Å². The fraction of sp³-hybridized carbons (Fsp3) is 0.263. The molecule has 0 aliphatic carbocycles. The lowest BCUT2D eigenvalue weighted by atomic mass is 10.00. The lowest BCUT2D eigenvalue weighted by Gasteiger charge is -2.31. The standard InChI is InChI=1S/C19H11F7O4/c20-17(21,22)12-3-1-2-10(8-12)13(27)5-6-14(28)11-4-7-15-16(9-11)30-19(25,26)18(23,24)29-15/h1-4,7-9H,5-6H2. The fourth-order valence-electron chi connectivity index (χ4n) is 2.63. The van der Waals surface area contributed by atoms with Gasteiger partial charge in [-0.15, -0.1) is 0 Å². The van der Waals surface area contributed by atoms with Crippen LogP contribution in [0, 0.1) is 0 Å². The number of ketones is 2. The molecule has 2 aromatic rings. The molecule has 0 fully saturated rings. The van der Waals surface area contributed by atoms with Crippen LogP contribution in [0.1, 0.15) is 39.1 Å². The Labute approximate surface area is 164 Å². The maximum Gasteiger partial charge on any atom is 0.507 e. The number of fused-ring (bicyclic) bond motifs is 1. The van der Waals surface area contributed by atoms with E-state index < -0.39 is 59.9 Å². The number of ether oxygens (including phenoxy) is 2. The number of hydrogen-bond acceptors (Lipinski definition) is 4. The highest BCUT2D eigenvalue weighted by Crippen LogP contribution is 2.47. The van der Waals surface area contributed by atoms with E-state index in [0.29, 0.717) is 6.07 Å². The molecule has 30 heavy (non-hydrogen) atoms. The van der Waals surface area contributed by atoms with E-state index in [2.05, 4.69) is 9.47 Å². The van der Waals surface area contributed by atoms with Crippen molar-refractivity contribution in [2.75, 3.05) is 0 Å². The summed E-state index contributed by atoms with van der Waals surface area (Å²) in [5, 5.41) is 0. The number of carbonyl (C=O) groups excluding carboxylic acids is 2. The van der Waals surface area contributed by atoms with Crippen LogP contribution in [-0.4, -0.2) is 23.8 Å². The van der Waals surface area contributed by atoms with Crippen molar-refractivity contribution in [3.63, 3.8) is 0 Å². The third-order valence-corrected chi connectivity index (χ3v) is 4.17. The first-order valence-electron chi connectivity index (χ1n) is 8.31. The zero-order chi connectivity index (χ0) is 22.3. The molecule has 0 N–H and O–H groups in total. The van der Waals surface area contributed by atoms with Gasteiger partial charge in [-0.3, -0.25) is 9.59 Å². The fourth-order valence-corrected chi connectivity index (χ4v) is 2.63. The van der Waals surface area contributed by atoms with Crippen molar-refractivity contribution in [3.05, 3.63) is 59.2 Å². The summed E-state index contributed by atoms with van der Waals surface area (Å²) in [5.74, 6) is -2.97. The van der Waals surface area contributed by atoms with Crippen LogP contribution in [0.5, 0.6) is 11.5 Å². The van der Waals surface area contributed by atoms with Gasteiger partial charge in [0.05, 0.1) is 5.56 Å². The summed E-state index contributed by atoms with van der Waals surface area (Å²) in [6.45, 7) is 0. The van der Waals surface area contributed by atoms with Gasteiger partial charge < -0.3 is 9.47 Å². The first-order valence-corrected chi connectivity index (χ1v) is 8.31. The lowest BCUT2D eigenvalue weighted by Crippen LogP contribution is -2.52. The molecule has 1 heterocycles. The van der Waals surface area contributed by atoms with Gasteiger partial charge in [-0.2, -0.15) is 30.7 Å². The summed E-state index contributed by atoms with van der Waals surface area (Å²) in [6.07, 6.45) is -15.4. The van der Waals surface area contributed by atoms with Crippen LogP contribution in [0.4, 0.5) is 30.7 Å². The topological polar surface area (TPSA) is 52.6 Å². The Balaban J connectivity index is 1.70. The van der Waals surface area contributed by atoms with Crippen molar-refractivity contribution in [3.8, 4) is 11.5 Å². The van der Waals surface area contributed by atoms with Gasteiger partial charge in [-0.25, -0.2) is 0 Å². The predicted octanol–water partition coefficient (Wildman–Crippen LogP) is 5.51. The number of Topliss-reactive ketones (excluding diaryl/α,β-unsaturated/α-hetero) is 2. The molecule has 0 radical (unpaired) electrons. The molecule has 0 saturated heterocycles. The van der Waals surface area contributed by atoms with Crippen molar-refractivity contribution in [1.82, 2.24) is 0 Å². The first-order chi connectivity index (χ1) is 13.8. The number of alkyl halides is 7. The predicted molar refractivity (Wildman–Crippen MR) is 86.9 cm³/mol. The number of halogens is 7. The molecule has 4 nitrogen and oxygen atoms in total. The van der Waals surface area contributed by atoms with E-state index in [9.17, 15) is 40.3 Å². The minimum atomic E-state index is -4.96. The number of rotatable bonds is 5. The molecule has 3 rings (SSSR count). The largest absolute Gasteiger partial charge is 0.507 e. The molecular weight excluding hydrogens is 425 g/mol. The van der Waals surface area contributed by atoms with Crippen LogP contribution in [0.15, 0.2) is 42.5 Å². The van der Waals surface area contributed by atoms with Crippen LogP contribution in [0.25, 0.3) is 0 Å². The van der Waals surface area contributed by atoms with Crippen LogP contribution < -0.4 is 9.47 Å². The van der Waals surface area contributed by atoms with Crippen LogP contribution >= 0.6 is 0 Å². The van der Waals surface area contributed by atoms with Gasteiger partial charge in [0, 0.05) is 24.0 Å². The summed E-state index contributed by atoms with van der Waals surface area (Å²) in [7, 11) is 0. The minimum Gasteiger partial charge on any atom is -0.421 e. The second kappa shape index (κ2) is 7.29. The average Bonchev–Trinajstić information content (AvgIpc) is 2.65. The van der Waals surface area contributed by atoms with Crippen molar-refractivity contribution in [2.45, 2.75) is 31.2 Å². The smallest absolute Gasteiger partial charge is 0.421 e. The van der Waals surface area contributed by atoms with E-state index in [1.54, 1.807) is 0 Å². The second-order valence-electron chi connectivity index (χ2n) is 6.32. The zero-order valence-corrected chi connectivity index (χ0v) is 14.7. The van der Waals surface area contributed by atoms with Gasteiger partial charge in [0.15, 0.2) is 23.1 Å². The average molecular weight is 436 g/mol. The molecule has 0 saturated carbocycles. The van der Waals surface area contributed by atoms with Crippen LogP contribution in [-0.2, 0) is 6.18 Å². The third kappa shape index (κ3) is 4.24. The van der Waals surface area contributed by atoms with Gasteiger partial charge in [0.25, 0.3) is 0 Å². The number of benzene rings is 2. The molecule has 0 bridgehead atoms. The Morgan fingerprint density at radius 3 is 1.87 bits per heavy atom. The van der Waals surface area contributed by atoms with Gasteiger partial charge in [-0.05, 0) is 30.3 Å². The van der Waals surface area contributed by atoms with Gasteiger partial charge in [0.1, 0.15) is 0 Å². The minimum absolute atomic E-state index is 0.227. The summed E-state index contributed by atoms with van der Waals surface area (Å²) in [4.78, 5) is 24.3. The third-order valence-electron chi connectivity index (χ3n) is 4.17. The molecule has 11 heteroatoms. The Hall–Kier alpha value is -3.11. The second-order valence-corrected chi connectivity index (χ2v) is 6.32. The van der Waals surface area contributed by atoms with E-state index >= 15 is 0 Å². The Bertz CT molecular complexity index is 999. The highest BCUT2D eigenvalue weighted by atomic mass is 19.4. The molecule has 1 aliphatic heterocycles. The maximum absolute atomic E-state index is 13.2. The van der Waals surface area contributed by atoms with Crippen molar-refractivity contribution in [2.24, 2.45) is 0 Å². The maximum atomic E-state index is 13.2. The molecule has 1 aliphatic rings. The van der Waals surface area contributed by atoms with E-state index in [0.717, 1.165) is 36.4 Å². The van der Waals surface area contributed by atoms with Gasteiger partial charge in [0.2, 0.25) is 0 Å². The molecule has 0 unspecified atom stereocenters. The monoisotopic (exact) mass is 436 g/mol. The molecule has 0 spiro atoms. The van der Waals surface area contributed by atoms with E-state index in [4.69, 9.17) is 0 Å². The Kier molecular flexibility index (Phi) is 5.25. The van der Waals surface area contributed by atoms with Crippen molar-refractivity contribution >= 4 is 11.6 Å².